The van der Waals surface area contributed by atoms with Crippen molar-refractivity contribution in [1.29, 1.82) is 0 Å². The molecule has 0 unspecified atom stereocenters. The number of benzene rings is 2. The Hall–Kier alpha value is -4.32. The van der Waals surface area contributed by atoms with Crippen molar-refractivity contribution in [2.75, 3.05) is 11.9 Å². The molecule has 0 bridgehead atoms. The fourth-order valence-corrected chi connectivity index (χ4v) is 5.60. The zero-order valence-corrected chi connectivity index (χ0v) is 27.0. The summed E-state index contributed by atoms with van der Waals surface area (Å²) in [7, 11) is 0. The maximum atomic E-state index is 15.1. The molecule has 0 spiro atoms. The summed E-state index contributed by atoms with van der Waals surface area (Å²) in [6.45, 7) is 6.25. The minimum absolute atomic E-state index is 0.0826. The Morgan fingerprint density at radius 1 is 1.00 bits per heavy atom. The number of fused-ring (bicyclic) bond motifs is 1. The minimum Gasteiger partial charge on any atom is -0.376 e. The van der Waals surface area contributed by atoms with Crippen molar-refractivity contribution in [3.05, 3.63) is 117 Å². The molecule has 3 aromatic heterocycles. The molecule has 4 N–H and O–H groups in total. The summed E-state index contributed by atoms with van der Waals surface area (Å²) in [6.07, 6.45) is 5.82. The van der Waals surface area contributed by atoms with Gasteiger partial charge < -0.3 is 20.8 Å². The first kappa shape index (κ1) is 34.0. The SMILES string of the molecule is CC[C@@H](CCc1c(F)cncc1NC(=O)C[C@H](c1cncc(F)c1)c1ccc(Cl)c(F)c1)OC[C@H](N)c1nc2cc(C)c(C)cc2[nH]1. The van der Waals surface area contributed by atoms with E-state index in [4.69, 9.17) is 22.1 Å². The number of imidazole rings is 1. The van der Waals surface area contributed by atoms with E-state index in [0.717, 1.165) is 34.6 Å². The van der Waals surface area contributed by atoms with Crippen molar-refractivity contribution >= 4 is 34.2 Å². The summed E-state index contributed by atoms with van der Waals surface area (Å²) < 4.78 is 49.6. The van der Waals surface area contributed by atoms with Gasteiger partial charge in [0.05, 0.1) is 59.1 Å². The molecule has 47 heavy (non-hydrogen) atoms. The maximum Gasteiger partial charge on any atom is 0.225 e. The third-order valence-corrected chi connectivity index (χ3v) is 8.60. The van der Waals surface area contributed by atoms with Crippen molar-refractivity contribution in [3.8, 4) is 0 Å². The van der Waals surface area contributed by atoms with Gasteiger partial charge in [0.15, 0.2) is 0 Å². The third kappa shape index (κ3) is 8.34. The lowest BCUT2D eigenvalue weighted by molar-refractivity contribution is -0.116. The highest BCUT2D eigenvalue weighted by atomic mass is 35.5. The third-order valence-electron chi connectivity index (χ3n) is 8.29. The normalized spacial score (nSPS) is 13.4. The fourth-order valence-electron chi connectivity index (χ4n) is 5.48. The highest BCUT2D eigenvalue weighted by molar-refractivity contribution is 6.30. The van der Waals surface area contributed by atoms with Crippen LogP contribution < -0.4 is 11.1 Å². The molecule has 3 heterocycles. The van der Waals surface area contributed by atoms with Gasteiger partial charge in [-0.25, -0.2) is 18.2 Å². The number of carbonyl (C=O) groups excluding carboxylic acids is 1. The van der Waals surface area contributed by atoms with E-state index in [2.05, 4.69) is 25.3 Å². The Balaban J connectivity index is 1.25. The van der Waals surface area contributed by atoms with Crippen molar-refractivity contribution in [3.63, 3.8) is 0 Å². The number of nitrogens with one attached hydrogen (secondary N) is 2. The number of halogens is 4. The topological polar surface area (TPSA) is 119 Å². The molecule has 0 aliphatic rings. The molecule has 5 aromatic rings. The Morgan fingerprint density at radius 3 is 2.51 bits per heavy atom. The van der Waals surface area contributed by atoms with Crippen LogP contribution in [-0.4, -0.2) is 38.6 Å². The maximum absolute atomic E-state index is 15.1. The number of hydrogen-bond donors (Lipinski definition) is 3. The number of carbonyl (C=O) groups is 1. The molecule has 12 heteroatoms. The number of anilines is 1. The predicted octanol–water partition coefficient (Wildman–Crippen LogP) is 7.63. The Labute approximate surface area is 275 Å². The van der Waals surface area contributed by atoms with Crippen LogP contribution in [0.25, 0.3) is 11.0 Å². The summed E-state index contributed by atoms with van der Waals surface area (Å²) >= 11 is 5.86. The number of nitrogens with zero attached hydrogens (tertiary/aromatic N) is 3. The molecular formula is C35H36ClF3N6O2. The van der Waals surface area contributed by atoms with E-state index in [-0.39, 0.29) is 41.8 Å². The summed E-state index contributed by atoms with van der Waals surface area (Å²) in [5.74, 6) is -2.49. The molecule has 1 amide bonds. The van der Waals surface area contributed by atoms with Crippen molar-refractivity contribution < 1.29 is 22.7 Å². The molecule has 0 fully saturated rings. The number of aryl methyl sites for hydroxylation is 2. The lowest BCUT2D eigenvalue weighted by Crippen LogP contribution is -2.24. The molecule has 0 radical (unpaired) electrons. The van der Waals surface area contributed by atoms with E-state index in [1.54, 1.807) is 6.07 Å². The molecule has 3 atom stereocenters. The average molecular weight is 665 g/mol. The number of ether oxygens (including phenoxy) is 1. The summed E-state index contributed by atoms with van der Waals surface area (Å²) in [4.78, 5) is 29.1. The minimum atomic E-state index is -0.753. The van der Waals surface area contributed by atoms with Crippen LogP contribution >= 0.6 is 11.6 Å². The average Bonchev–Trinajstić information content (AvgIpc) is 3.45. The van der Waals surface area contributed by atoms with Crippen LogP contribution in [-0.2, 0) is 16.0 Å². The zero-order valence-electron chi connectivity index (χ0n) is 26.3. The van der Waals surface area contributed by atoms with Crippen molar-refractivity contribution in [2.45, 2.75) is 64.5 Å². The number of aromatic amines is 1. The smallest absolute Gasteiger partial charge is 0.225 e. The van der Waals surface area contributed by atoms with Gasteiger partial charge in [0.2, 0.25) is 5.91 Å². The van der Waals surface area contributed by atoms with Gasteiger partial charge in [-0.15, -0.1) is 0 Å². The molecule has 0 saturated carbocycles. The van der Waals surface area contributed by atoms with Crippen molar-refractivity contribution in [2.24, 2.45) is 5.73 Å². The van der Waals surface area contributed by atoms with Gasteiger partial charge in [0.1, 0.15) is 23.3 Å². The first-order valence-corrected chi connectivity index (χ1v) is 15.7. The van der Waals surface area contributed by atoms with E-state index in [9.17, 15) is 13.6 Å². The summed E-state index contributed by atoms with van der Waals surface area (Å²) in [6, 6.07) is 8.95. The van der Waals surface area contributed by atoms with Crippen LogP contribution in [0.15, 0.2) is 61.2 Å². The second kappa shape index (κ2) is 15.1. The van der Waals surface area contributed by atoms with Gasteiger partial charge in [-0.1, -0.05) is 24.6 Å². The van der Waals surface area contributed by atoms with Gasteiger partial charge in [-0.2, -0.15) is 0 Å². The van der Waals surface area contributed by atoms with Crippen LogP contribution in [0.3, 0.4) is 0 Å². The monoisotopic (exact) mass is 664 g/mol. The number of aromatic nitrogens is 4. The summed E-state index contributed by atoms with van der Waals surface area (Å²) in [5.41, 5.74) is 11.7. The number of H-pyrrole nitrogens is 1. The standard InChI is InChI=1S/C35H36ClF3N6O2/c1-4-24(47-18-30(40)35-44-31-9-19(2)20(3)10-32(31)45-35)6-7-25-29(39)16-42-17-33(25)43-34(46)13-26(22-11-23(37)15-41-14-22)21-5-8-27(36)28(38)12-21/h5,8-12,14-17,24,26,30H,4,6-7,13,18,40H2,1-3H3,(H,43,46)(H,44,45)/t24-,26-,30-/m0/s1. The molecule has 246 valence electrons. The Kier molecular flexibility index (Phi) is 10.9. The molecular weight excluding hydrogens is 629 g/mol. The van der Waals surface area contributed by atoms with Gasteiger partial charge in [-0.3, -0.25) is 14.8 Å². The Morgan fingerprint density at radius 2 is 1.77 bits per heavy atom. The van der Waals surface area contributed by atoms with Crippen LogP contribution in [0.4, 0.5) is 18.9 Å². The number of hydrogen-bond acceptors (Lipinski definition) is 6. The molecule has 8 nitrogen and oxygen atoms in total. The molecule has 0 aliphatic heterocycles. The van der Waals surface area contributed by atoms with E-state index in [1.807, 2.05) is 32.9 Å². The fraction of sp³-hybridized carbons (Fsp3) is 0.314. The van der Waals surface area contributed by atoms with E-state index < -0.39 is 35.3 Å². The molecule has 5 rings (SSSR count). The van der Waals surface area contributed by atoms with E-state index in [0.29, 0.717) is 29.8 Å². The second-order valence-corrected chi connectivity index (χ2v) is 12.1. The zero-order chi connectivity index (χ0) is 33.7. The highest BCUT2D eigenvalue weighted by Crippen LogP contribution is 2.31. The van der Waals surface area contributed by atoms with Gasteiger partial charge in [0.25, 0.3) is 0 Å². The molecule has 0 saturated heterocycles. The number of amides is 1. The number of rotatable bonds is 13. The number of pyridine rings is 2. The largest absolute Gasteiger partial charge is 0.376 e. The highest BCUT2D eigenvalue weighted by Gasteiger charge is 2.23. The number of nitrogens with two attached hydrogens (primary N) is 1. The predicted molar refractivity (Wildman–Crippen MR) is 176 cm³/mol. The van der Waals surface area contributed by atoms with E-state index >= 15 is 4.39 Å². The summed E-state index contributed by atoms with van der Waals surface area (Å²) in [5, 5.41) is 2.66. The molecule has 2 aromatic carbocycles. The Bertz CT molecular complexity index is 1850. The lowest BCUT2D eigenvalue weighted by atomic mass is 9.89. The second-order valence-electron chi connectivity index (χ2n) is 11.6. The first-order valence-electron chi connectivity index (χ1n) is 15.3. The quantitative estimate of drug-likeness (QED) is 0.119. The van der Waals surface area contributed by atoms with Gasteiger partial charge in [-0.05, 0) is 85.7 Å². The lowest BCUT2D eigenvalue weighted by Gasteiger charge is -2.20. The first-order chi connectivity index (χ1) is 22.5. The van der Waals surface area contributed by atoms with Crippen LogP contribution in [0.5, 0.6) is 0 Å². The molecule has 0 aliphatic carbocycles. The van der Waals surface area contributed by atoms with Crippen molar-refractivity contribution in [1.82, 2.24) is 19.9 Å². The van der Waals surface area contributed by atoms with Crippen LogP contribution in [0, 0.1) is 31.3 Å². The van der Waals surface area contributed by atoms with E-state index in [1.165, 1.54) is 30.6 Å². The van der Waals surface area contributed by atoms with Gasteiger partial charge >= 0.3 is 0 Å². The van der Waals surface area contributed by atoms with Crippen LogP contribution in [0.2, 0.25) is 5.02 Å². The van der Waals surface area contributed by atoms with Gasteiger partial charge in [0, 0.05) is 24.1 Å². The van der Waals surface area contributed by atoms with Crippen LogP contribution in [0.1, 0.15) is 71.8 Å².